The maximum Gasteiger partial charge on any atom is 0.252 e. The van der Waals surface area contributed by atoms with Gasteiger partial charge in [-0.3, -0.25) is 9.97 Å². The Bertz CT molecular complexity index is 1740. The summed E-state index contributed by atoms with van der Waals surface area (Å²) in [5.74, 6) is 1.11. The first-order valence-electron chi connectivity index (χ1n) is 11.2. The number of pyridine rings is 2. The zero-order valence-electron chi connectivity index (χ0n) is 19.2. The maximum absolute atomic E-state index is 9.25. The lowest BCUT2D eigenvalue weighted by atomic mass is 10.1. The van der Waals surface area contributed by atoms with Gasteiger partial charge in [-0.05, 0) is 60.7 Å². The minimum absolute atomic E-state index is 0.524. The van der Waals surface area contributed by atoms with Crippen LogP contribution < -0.4 is 10.2 Å². The average Bonchev–Trinajstić information content (AvgIpc) is 3.37. The van der Waals surface area contributed by atoms with Gasteiger partial charge in [0, 0.05) is 53.7 Å². The second kappa shape index (κ2) is 8.77. The molecule has 2 aromatic carbocycles. The molecule has 6 rings (SSSR count). The molecule has 4 heterocycles. The molecule has 1 N–H and O–H groups in total. The van der Waals surface area contributed by atoms with Crippen molar-refractivity contribution in [3.05, 3.63) is 97.2 Å². The van der Waals surface area contributed by atoms with Gasteiger partial charge in [0.25, 0.3) is 5.78 Å². The Morgan fingerprint density at radius 2 is 1.75 bits per heavy atom. The lowest BCUT2D eigenvalue weighted by Crippen LogP contribution is -2.10. The third-order valence-electron chi connectivity index (χ3n) is 5.91. The SMILES string of the molecule is CN(c1ccncc1)c1cnc2nc(-c3ccc(Nc4ccnc5ccc(C#N)cc45)cc3)nn2c1. The number of nitrogens with one attached hydrogen (secondary N) is 1. The number of benzene rings is 2. The van der Waals surface area contributed by atoms with Gasteiger partial charge >= 0.3 is 0 Å². The summed E-state index contributed by atoms with van der Waals surface area (Å²) in [7, 11) is 1.97. The lowest BCUT2D eigenvalue weighted by Gasteiger charge is -2.18. The van der Waals surface area contributed by atoms with Crippen molar-refractivity contribution >= 4 is 39.4 Å². The van der Waals surface area contributed by atoms with Crippen molar-refractivity contribution in [2.75, 3.05) is 17.3 Å². The van der Waals surface area contributed by atoms with Crippen LogP contribution in [0.2, 0.25) is 0 Å². The Labute approximate surface area is 206 Å². The van der Waals surface area contributed by atoms with E-state index in [0.29, 0.717) is 17.2 Å². The van der Waals surface area contributed by atoms with Gasteiger partial charge in [0.05, 0.1) is 35.2 Å². The van der Waals surface area contributed by atoms with Crippen molar-refractivity contribution in [2.45, 2.75) is 0 Å². The van der Waals surface area contributed by atoms with Crippen molar-refractivity contribution in [1.29, 1.82) is 5.26 Å². The molecule has 36 heavy (non-hydrogen) atoms. The second-order valence-electron chi connectivity index (χ2n) is 8.16. The van der Waals surface area contributed by atoms with Gasteiger partial charge < -0.3 is 10.2 Å². The summed E-state index contributed by atoms with van der Waals surface area (Å²) >= 11 is 0. The number of aromatic nitrogens is 6. The summed E-state index contributed by atoms with van der Waals surface area (Å²) in [5.41, 5.74) is 5.96. The van der Waals surface area contributed by atoms with Crippen LogP contribution in [-0.4, -0.2) is 36.6 Å². The summed E-state index contributed by atoms with van der Waals surface area (Å²) in [5, 5.41) is 18.2. The van der Waals surface area contributed by atoms with Crippen LogP contribution in [-0.2, 0) is 0 Å². The molecule has 0 saturated heterocycles. The van der Waals surface area contributed by atoms with E-state index < -0.39 is 0 Å². The summed E-state index contributed by atoms with van der Waals surface area (Å²) < 4.78 is 1.68. The fraction of sp³-hybridized carbons (Fsp3) is 0.0370. The Hall–Kier alpha value is -5.36. The molecule has 0 aliphatic carbocycles. The molecule has 9 heteroatoms. The van der Waals surface area contributed by atoms with E-state index >= 15 is 0 Å². The Morgan fingerprint density at radius 1 is 0.917 bits per heavy atom. The summed E-state index contributed by atoms with van der Waals surface area (Å²) in [4.78, 5) is 19.5. The molecule has 0 spiro atoms. The highest BCUT2D eigenvalue weighted by Crippen LogP contribution is 2.28. The predicted molar refractivity (Wildman–Crippen MR) is 138 cm³/mol. The molecule has 0 fully saturated rings. The van der Waals surface area contributed by atoms with Crippen molar-refractivity contribution in [1.82, 2.24) is 29.5 Å². The number of hydrogen-bond acceptors (Lipinski definition) is 8. The van der Waals surface area contributed by atoms with Gasteiger partial charge in [0.1, 0.15) is 0 Å². The molecule has 9 nitrogen and oxygen atoms in total. The van der Waals surface area contributed by atoms with E-state index in [9.17, 15) is 5.26 Å². The number of rotatable bonds is 5. The Morgan fingerprint density at radius 3 is 2.56 bits per heavy atom. The average molecular weight is 470 g/mol. The van der Waals surface area contributed by atoms with Gasteiger partial charge in [-0.2, -0.15) is 10.2 Å². The van der Waals surface area contributed by atoms with Gasteiger partial charge in [-0.1, -0.05) is 0 Å². The topological polar surface area (TPSA) is 108 Å². The molecule has 172 valence electrons. The highest BCUT2D eigenvalue weighted by molar-refractivity contribution is 5.93. The predicted octanol–water partition coefficient (Wildman–Crippen LogP) is 5.12. The summed E-state index contributed by atoms with van der Waals surface area (Å²) in [6, 6.07) is 21.3. The van der Waals surface area contributed by atoms with Crippen LogP contribution in [0, 0.1) is 11.3 Å². The number of nitriles is 1. The van der Waals surface area contributed by atoms with Crippen LogP contribution in [0.5, 0.6) is 0 Å². The van der Waals surface area contributed by atoms with E-state index in [4.69, 9.17) is 0 Å². The van der Waals surface area contributed by atoms with Crippen molar-refractivity contribution in [3.63, 3.8) is 0 Å². The molecular formula is C27H19N9. The minimum atomic E-state index is 0.524. The van der Waals surface area contributed by atoms with Crippen LogP contribution in [0.15, 0.2) is 91.6 Å². The third-order valence-corrected chi connectivity index (χ3v) is 5.91. The van der Waals surface area contributed by atoms with E-state index in [-0.39, 0.29) is 0 Å². The monoisotopic (exact) mass is 469 g/mol. The fourth-order valence-electron chi connectivity index (χ4n) is 3.97. The number of fused-ring (bicyclic) bond motifs is 2. The normalized spacial score (nSPS) is 10.9. The molecule has 0 bridgehead atoms. The zero-order valence-corrected chi connectivity index (χ0v) is 19.2. The van der Waals surface area contributed by atoms with E-state index in [1.807, 2.05) is 72.7 Å². The van der Waals surface area contributed by atoms with Crippen molar-refractivity contribution in [3.8, 4) is 17.5 Å². The smallest absolute Gasteiger partial charge is 0.252 e. The standard InChI is InChI=1S/C27H19N9/c1-35(21-8-11-29-12-9-21)22-16-31-27-33-26(34-36(27)17-22)19-3-5-20(6-4-19)32-25-10-13-30-24-7-2-18(15-28)14-23(24)25/h2-14,16-17H,1H3,(H,30,32). The molecule has 0 amide bonds. The molecule has 0 radical (unpaired) electrons. The number of nitrogens with zero attached hydrogens (tertiary/aromatic N) is 8. The second-order valence-corrected chi connectivity index (χ2v) is 8.16. The van der Waals surface area contributed by atoms with Crippen LogP contribution >= 0.6 is 0 Å². The highest BCUT2D eigenvalue weighted by atomic mass is 15.3. The van der Waals surface area contributed by atoms with Crippen LogP contribution in [0.25, 0.3) is 28.1 Å². The molecule has 0 aliphatic heterocycles. The van der Waals surface area contributed by atoms with E-state index in [2.05, 4.69) is 36.4 Å². The van der Waals surface area contributed by atoms with Gasteiger partial charge in [-0.25, -0.2) is 9.50 Å². The first-order valence-corrected chi connectivity index (χ1v) is 11.2. The summed E-state index contributed by atoms with van der Waals surface area (Å²) in [6.07, 6.45) is 8.94. The van der Waals surface area contributed by atoms with E-state index in [1.54, 1.807) is 35.4 Å². The van der Waals surface area contributed by atoms with Gasteiger partial charge in [-0.15, -0.1) is 5.10 Å². The number of anilines is 4. The van der Waals surface area contributed by atoms with E-state index in [0.717, 1.165) is 39.2 Å². The Kier molecular flexibility index (Phi) is 5.16. The maximum atomic E-state index is 9.25. The molecule has 0 saturated carbocycles. The lowest BCUT2D eigenvalue weighted by molar-refractivity contribution is 0.934. The highest BCUT2D eigenvalue weighted by Gasteiger charge is 2.11. The Balaban J connectivity index is 1.26. The van der Waals surface area contributed by atoms with Crippen molar-refractivity contribution in [2.24, 2.45) is 0 Å². The van der Waals surface area contributed by atoms with Crippen LogP contribution in [0.1, 0.15) is 5.56 Å². The van der Waals surface area contributed by atoms with E-state index in [1.165, 1.54) is 0 Å². The molecule has 0 unspecified atom stereocenters. The van der Waals surface area contributed by atoms with Crippen molar-refractivity contribution < 1.29 is 0 Å². The molecule has 4 aromatic heterocycles. The minimum Gasteiger partial charge on any atom is -0.355 e. The van der Waals surface area contributed by atoms with Gasteiger partial charge in [0.2, 0.25) is 0 Å². The number of hydrogen-bond donors (Lipinski definition) is 1. The summed E-state index contributed by atoms with van der Waals surface area (Å²) in [6.45, 7) is 0. The molecule has 0 atom stereocenters. The van der Waals surface area contributed by atoms with Crippen LogP contribution in [0.3, 0.4) is 0 Å². The van der Waals surface area contributed by atoms with Crippen LogP contribution in [0.4, 0.5) is 22.7 Å². The fourth-order valence-corrected chi connectivity index (χ4v) is 3.97. The molecule has 6 aromatic rings. The quantitative estimate of drug-likeness (QED) is 0.371. The zero-order chi connectivity index (χ0) is 24.5. The molecule has 0 aliphatic rings. The van der Waals surface area contributed by atoms with Gasteiger partial charge in [0.15, 0.2) is 5.82 Å². The first kappa shape index (κ1) is 21.2. The molecular weight excluding hydrogens is 450 g/mol. The third kappa shape index (κ3) is 3.93. The largest absolute Gasteiger partial charge is 0.355 e. The first-order chi connectivity index (χ1) is 17.7.